The molecule has 0 bridgehead atoms. The third kappa shape index (κ3) is 4.78. The molecule has 1 aliphatic rings. The van der Waals surface area contributed by atoms with Gasteiger partial charge in [-0.1, -0.05) is 19.1 Å². The van der Waals surface area contributed by atoms with E-state index in [0.29, 0.717) is 30.5 Å². The zero-order chi connectivity index (χ0) is 19.6. The average molecular weight is 502 g/mol. The number of halogens is 2. The van der Waals surface area contributed by atoms with Crippen molar-refractivity contribution in [1.82, 2.24) is 0 Å². The highest BCUT2D eigenvalue weighted by atomic mass is 127. The second-order valence-corrected chi connectivity index (χ2v) is 9.47. The number of aryl methyl sites for hydroxylation is 1. The standard InChI is InChI=1S/C19H20FIN2O3S/c1-2-9-23-18(24)8-5-14-10-16(11-17(20)19(14)23)22-27(25,26)12-13-3-6-15(21)7-4-13/h3-4,6-7,10-11,22H,2,5,8-9,12H2,1H3. The van der Waals surface area contributed by atoms with Crippen LogP contribution in [0.15, 0.2) is 36.4 Å². The molecule has 0 radical (unpaired) electrons. The Labute approximate surface area is 172 Å². The fourth-order valence-electron chi connectivity index (χ4n) is 3.18. The number of carbonyl (C=O) groups excluding carboxylic acids is 1. The van der Waals surface area contributed by atoms with Crippen LogP contribution in [-0.2, 0) is 27.0 Å². The van der Waals surface area contributed by atoms with Crippen LogP contribution in [0.25, 0.3) is 0 Å². The van der Waals surface area contributed by atoms with Crippen LogP contribution in [0.3, 0.4) is 0 Å². The van der Waals surface area contributed by atoms with E-state index in [1.54, 1.807) is 18.2 Å². The second-order valence-electron chi connectivity index (χ2n) is 6.50. The first-order chi connectivity index (χ1) is 12.8. The van der Waals surface area contributed by atoms with Crippen LogP contribution >= 0.6 is 22.6 Å². The first-order valence-electron chi connectivity index (χ1n) is 8.67. The molecule has 2 aromatic rings. The van der Waals surface area contributed by atoms with E-state index in [9.17, 15) is 17.6 Å². The quantitative estimate of drug-likeness (QED) is 0.607. The van der Waals surface area contributed by atoms with E-state index < -0.39 is 15.8 Å². The van der Waals surface area contributed by atoms with E-state index in [1.165, 1.54) is 4.90 Å². The van der Waals surface area contributed by atoms with Gasteiger partial charge in [-0.15, -0.1) is 0 Å². The molecule has 1 N–H and O–H groups in total. The third-order valence-electron chi connectivity index (χ3n) is 4.31. The zero-order valence-electron chi connectivity index (χ0n) is 14.8. The van der Waals surface area contributed by atoms with Crippen molar-refractivity contribution in [2.24, 2.45) is 0 Å². The van der Waals surface area contributed by atoms with Crippen LogP contribution in [0.1, 0.15) is 30.9 Å². The molecule has 0 unspecified atom stereocenters. The maximum absolute atomic E-state index is 14.7. The minimum Gasteiger partial charge on any atom is -0.309 e. The largest absolute Gasteiger partial charge is 0.309 e. The lowest BCUT2D eigenvalue weighted by atomic mass is 10.00. The van der Waals surface area contributed by atoms with Gasteiger partial charge >= 0.3 is 0 Å². The van der Waals surface area contributed by atoms with Crippen LogP contribution in [0, 0.1) is 9.39 Å². The van der Waals surface area contributed by atoms with E-state index in [-0.39, 0.29) is 23.0 Å². The summed E-state index contributed by atoms with van der Waals surface area (Å²) in [6.45, 7) is 2.37. The molecule has 3 rings (SSSR count). The first-order valence-corrected chi connectivity index (χ1v) is 11.4. The van der Waals surface area contributed by atoms with Gasteiger partial charge in [0, 0.05) is 22.6 Å². The molecular weight excluding hydrogens is 482 g/mol. The van der Waals surface area contributed by atoms with Crippen LogP contribution in [-0.4, -0.2) is 20.9 Å². The number of fused-ring (bicyclic) bond motifs is 1. The summed E-state index contributed by atoms with van der Waals surface area (Å²) in [6, 6.07) is 9.95. The molecule has 0 atom stereocenters. The molecule has 1 heterocycles. The van der Waals surface area contributed by atoms with Gasteiger partial charge in [0.05, 0.1) is 17.1 Å². The SMILES string of the molecule is CCCN1C(=O)CCc2cc(NS(=O)(=O)Cc3ccc(I)cc3)cc(F)c21. The third-order valence-corrected chi connectivity index (χ3v) is 6.29. The molecule has 1 aliphatic heterocycles. The van der Waals surface area contributed by atoms with E-state index in [4.69, 9.17) is 0 Å². The number of nitrogens with zero attached hydrogens (tertiary/aromatic N) is 1. The molecule has 144 valence electrons. The van der Waals surface area contributed by atoms with Crippen molar-refractivity contribution >= 4 is 49.9 Å². The van der Waals surface area contributed by atoms with Crippen molar-refractivity contribution in [2.45, 2.75) is 31.9 Å². The zero-order valence-corrected chi connectivity index (χ0v) is 17.8. The highest BCUT2D eigenvalue weighted by Gasteiger charge is 2.27. The van der Waals surface area contributed by atoms with Gasteiger partial charge in [-0.25, -0.2) is 12.8 Å². The number of nitrogens with one attached hydrogen (secondary N) is 1. The topological polar surface area (TPSA) is 66.5 Å². The Morgan fingerprint density at radius 1 is 1.19 bits per heavy atom. The maximum Gasteiger partial charge on any atom is 0.236 e. The van der Waals surface area contributed by atoms with Crippen LogP contribution in [0.4, 0.5) is 15.8 Å². The highest BCUT2D eigenvalue weighted by molar-refractivity contribution is 14.1. The molecule has 0 saturated heterocycles. The molecule has 0 spiro atoms. The van der Waals surface area contributed by atoms with Crippen LogP contribution < -0.4 is 9.62 Å². The van der Waals surface area contributed by atoms with Crippen molar-refractivity contribution in [3.8, 4) is 0 Å². The number of hydrogen-bond donors (Lipinski definition) is 1. The molecule has 0 aromatic heterocycles. The van der Waals surface area contributed by atoms with Gasteiger partial charge in [-0.3, -0.25) is 9.52 Å². The Kier molecular flexibility index (Phi) is 6.05. The number of benzene rings is 2. The molecular formula is C19H20FIN2O3S. The van der Waals surface area contributed by atoms with E-state index in [0.717, 1.165) is 16.1 Å². The monoisotopic (exact) mass is 502 g/mol. The normalized spacial score (nSPS) is 14.2. The highest BCUT2D eigenvalue weighted by Crippen LogP contribution is 2.34. The maximum atomic E-state index is 14.7. The van der Waals surface area contributed by atoms with Gasteiger partial charge in [0.15, 0.2) is 0 Å². The summed E-state index contributed by atoms with van der Waals surface area (Å²) in [4.78, 5) is 13.5. The van der Waals surface area contributed by atoms with E-state index in [2.05, 4.69) is 27.3 Å². The Morgan fingerprint density at radius 2 is 1.89 bits per heavy atom. The summed E-state index contributed by atoms with van der Waals surface area (Å²) in [6.07, 6.45) is 1.41. The molecule has 27 heavy (non-hydrogen) atoms. The van der Waals surface area contributed by atoms with Gasteiger partial charge in [0.2, 0.25) is 15.9 Å². The predicted octanol–water partition coefficient (Wildman–Crippen LogP) is 4.06. The molecule has 5 nitrogen and oxygen atoms in total. The molecule has 0 aliphatic carbocycles. The van der Waals surface area contributed by atoms with Crippen molar-refractivity contribution < 1.29 is 17.6 Å². The first kappa shape index (κ1) is 20.1. The lowest BCUT2D eigenvalue weighted by Crippen LogP contribution is -2.36. The Bertz CT molecular complexity index is 962. The Hall–Kier alpha value is -1.68. The van der Waals surface area contributed by atoms with Gasteiger partial charge < -0.3 is 4.90 Å². The summed E-state index contributed by atoms with van der Waals surface area (Å²) in [5.74, 6) is -0.875. The van der Waals surface area contributed by atoms with E-state index in [1.807, 2.05) is 19.1 Å². The van der Waals surface area contributed by atoms with Crippen molar-refractivity contribution in [3.63, 3.8) is 0 Å². The summed E-state index contributed by atoms with van der Waals surface area (Å²) in [5, 5.41) is 0. The number of hydrogen-bond acceptors (Lipinski definition) is 3. The van der Waals surface area contributed by atoms with Gasteiger partial charge in [0.25, 0.3) is 0 Å². The van der Waals surface area contributed by atoms with Crippen LogP contribution in [0.2, 0.25) is 0 Å². The van der Waals surface area contributed by atoms with Crippen LogP contribution in [0.5, 0.6) is 0 Å². The van der Waals surface area contributed by atoms with Crippen molar-refractivity contribution in [1.29, 1.82) is 0 Å². The van der Waals surface area contributed by atoms with Gasteiger partial charge in [0.1, 0.15) is 5.82 Å². The predicted molar refractivity (Wildman–Crippen MR) is 113 cm³/mol. The minimum absolute atomic E-state index is 0.102. The smallest absolute Gasteiger partial charge is 0.236 e. The molecule has 1 amide bonds. The Morgan fingerprint density at radius 3 is 2.56 bits per heavy atom. The second kappa shape index (κ2) is 8.14. The minimum atomic E-state index is -3.68. The summed E-state index contributed by atoms with van der Waals surface area (Å²) in [7, 11) is -3.68. The summed E-state index contributed by atoms with van der Waals surface area (Å²) < 4.78 is 43.1. The lowest BCUT2D eigenvalue weighted by molar-refractivity contribution is -0.118. The van der Waals surface area contributed by atoms with Crippen molar-refractivity contribution in [2.75, 3.05) is 16.2 Å². The summed E-state index contributed by atoms with van der Waals surface area (Å²) in [5.41, 5.74) is 1.76. The van der Waals surface area contributed by atoms with E-state index >= 15 is 0 Å². The number of amides is 1. The molecule has 0 saturated carbocycles. The Balaban J connectivity index is 1.85. The molecule has 8 heteroatoms. The lowest BCUT2D eigenvalue weighted by Gasteiger charge is -2.30. The number of carbonyl (C=O) groups is 1. The number of rotatable bonds is 6. The molecule has 0 fully saturated rings. The fraction of sp³-hybridized carbons (Fsp3) is 0.316. The van der Waals surface area contributed by atoms with Crippen molar-refractivity contribution in [3.05, 3.63) is 56.9 Å². The van der Waals surface area contributed by atoms with Gasteiger partial charge in [-0.2, -0.15) is 0 Å². The number of anilines is 2. The van der Waals surface area contributed by atoms with Gasteiger partial charge in [-0.05, 0) is 64.8 Å². The fourth-order valence-corrected chi connectivity index (χ4v) is 4.72. The molecule has 2 aromatic carbocycles. The summed E-state index contributed by atoms with van der Waals surface area (Å²) >= 11 is 2.15. The average Bonchev–Trinajstić information content (AvgIpc) is 2.59. The number of sulfonamides is 1.